The van der Waals surface area contributed by atoms with E-state index in [9.17, 15) is 0 Å². The van der Waals surface area contributed by atoms with Gasteiger partial charge in [0.2, 0.25) is 5.88 Å². The first-order valence-corrected chi connectivity index (χ1v) is 14.0. The number of anilines is 2. The predicted octanol–water partition coefficient (Wildman–Crippen LogP) is 4.59. The molecule has 4 N–H and O–H groups in total. The van der Waals surface area contributed by atoms with E-state index in [4.69, 9.17) is 30.8 Å². The maximum atomic E-state index is 8.22. The molecule has 1 aromatic carbocycles. The van der Waals surface area contributed by atoms with E-state index in [0.717, 1.165) is 41.9 Å². The fourth-order valence-corrected chi connectivity index (χ4v) is 5.56. The van der Waals surface area contributed by atoms with Crippen molar-refractivity contribution in [3.8, 4) is 17.3 Å². The van der Waals surface area contributed by atoms with Gasteiger partial charge in [-0.3, -0.25) is 10.3 Å². The summed E-state index contributed by atoms with van der Waals surface area (Å²) in [7, 11) is 0. The minimum absolute atomic E-state index is 0.121. The van der Waals surface area contributed by atoms with Crippen LogP contribution in [0.25, 0.3) is 22.3 Å². The van der Waals surface area contributed by atoms with Crippen molar-refractivity contribution in [3.05, 3.63) is 78.3 Å². The number of nitrogens with one attached hydrogen (secondary N) is 2. The fraction of sp³-hybridized carbons (Fsp3) is 0.323. The Bertz CT molecular complexity index is 1570. The van der Waals surface area contributed by atoms with Gasteiger partial charge >= 0.3 is 0 Å². The molecule has 0 saturated carbocycles. The summed E-state index contributed by atoms with van der Waals surface area (Å²) < 4.78 is 5.68. The van der Waals surface area contributed by atoms with Crippen molar-refractivity contribution in [3.63, 3.8) is 0 Å². The van der Waals surface area contributed by atoms with Gasteiger partial charge in [-0.2, -0.15) is 0 Å². The van der Waals surface area contributed by atoms with Crippen molar-refractivity contribution >= 4 is 28.4 Å². The van der Waals surface area contributed by atoms with Crippen molar-refractivity contribution in [1.29, 1.82) is 5.41 Å². The zero-order chi connectivity index (χ0) is 28.5. The van der Waals surface area contributed by atoms with Crippen LogP contribution in [0.3, 0.4) is 0 Å². The van der Waals surface area contributed by atoms with E-state index in [1.165, 1.54) is 12.0 Å². The molecule has 10 heteroatoms. The van der Waals surface area contributed by atoms with Gasteiger partial charge in [-0.25, -0.2) is 19.9 Å². The number of aromatic nitrogens is 4. The molecule has 4 aromatic rings. The first-order chi connectivity index (χ1) is 19.8. The maximum Gasteiger partial charge on any atom is 0.213 e. The largest absolute Gasteiger partial charge is 0.475 e. The zero-order valence-corrected chi connectivity index (χ0v) is 23.6. The van der Waals surface area contributed by atoms with Gasteiger partial charge in [0.1, 0.15) is 17.5 Å². The van der Waals surface area contributed by atoms with E-state index >= 15 is 0 Å². The van der Waals surface area contributed by atoms with Crippen LogP contribution in [0.5, 0.6) is 5.88 Å². The van der Waals surface area contributed by atoms with E-state index in [0.29, 0.717) is 35.3 Å². The van der Waals surface area contributed by atoms with Crippen molar-refractivity contribution in [2.45, 2.75) is 51.9 Å². The van der Waals surface area contributed by atoms with Crippen LogP contribution in [-0.2, 0) is 6.54 Å². The number of para-hydroxylation sites is 1. The highest BCUT2D eigenvalue weighted by Crippen LogP contribution is 2.36. The number of piperidine rings is 1. The third kappa shape index (κ3) is 5.83. The lowest BCUT2D eigenvalue weighted by Crippen LogP contribution is -2.68. The second-order valence-corrected chi connectivity index (χ2v) is 11.0. The Labute approximate surface area is 239 Å². The lowest BCUT2D eigenvalue weighted by Gasteiger charge is -2.56. The molecular weight excluding hydrogens is 514 g/mol. The lowest BCUT2D eigenvalue weighted by molar-refractivity contribution is -0.00877. The van der Waals surface area contributed by atoms with Crippen LogP contribution in [0, 0.1) is 5.41 Å². The van der Waals surface area contributed by atoms with Crippen LogP contribution in [0.1, 0.15) is 32.8 Å². The summed E-state index contributed by atoms with van der Waals surface area (Å²) >= 11 is 0. The number of benzene rings is 1. The molecule has 2 atom stereocenters. The number of allylic oxidation sites excluding steroid dienone is 1. The summed E-state index contributed by atoms with van der Waals surface area (Å²) in [5.41, 5.74) is 9.12. The Hall–Kier alpha value is -4.57. The number of fused-ring (bicyclic) bond motifs is 3. The topological polar surface area (TPSA) is 129 Å². The number of hydrogen-bond acceptors (Lipinski definition) is 9. The van der Waals surface area contributed by atoms with Gasteiger partial charge in [-0.1, -0.05) is 18.2 Å². The molecule has 10 nitrogen and oxygen atoms in total. The second kappa shape index (κ2) is 11.1. The van der Waals surface area contributed by atoms with Crippen molar-refractivity contribution in [1.82, 2.24) is 24.8 Å². The molecule has 0 radical (unpaired) electrons. The van der Waals surface area contributed by atoms with Crippen LogP contribution in [0.4, 0.5) is 11.6 Å². The molecule has 2 bridgehead atoms. The quantitative estimate of drug-likeness (QED) is 0.213. The molecule has 0 spiro atoms. The third-order valence-corrected chi connectivity index (χ3v) is 7.42. The standard InChI is InChI=1S/C31H35N9O/c1-19(2)41-29-11-8-21(14-35-29)16-40-23-13-24(40)18-39(17-23)28-10-9-22(15-34-28)30-36-26-7-5-4-6-25(26)31(38-30)37-27(33)12-20(3)32/h4-12,14-15,19,23-24H,13,16-18,32H2,1-3H3,(H2,33,36,37,38)/b20-12-. The Morgan fingerprint density at radius 1 is 1.07 bits per heavy atom. The molecule has 7 rings (SSSR count). The van der Waals surface area contributed by atoms with Gasteiger partial charge < -0.3 is 20.7 Å². The highest BCUT2D eigenvalue weighted by molar-refractivity contribution is 6.06. The third-order valence-electron chi connectivity index (χ3n) is 7.42. The normalized spacial score (nSPS) is 18.8. The number of ether oxygens (including phenoxy) is 1. The number of rotatable bonds is 8. The Kier molecular flexibility index (Phi) is 7.23. The zero-order valence-electron chi connectivity index (χ0n) is 23.6. The van der Waals surface area contributed by atoms with E-state index in [1.54, 1.807) is 13.0 Å². The van der Waals surface area contributed by atoms with Gasteiger partial charge in [0.15, 0.2) is 5.82 Å². The van der Waals surface area contributed by atoms with Crippen molar-refractivity contribution in [2.24, 2.45) is 5.73 Å². The summed E-state index contributed by atoms with van der Waals surface area (Å²) in [4.78, 5) is 23.7. The van der Waals surface area contributed by atoms with Crippen LogP contribution in [0.2, 0.25) is 0 Å². The van der Waals surface area contributed by atoms with Crippen LogP contribution < -0.4 is 20.7 Å². The highest BCUT2D eigenvalue weighted by atomic mass is 16.5. The first-order valence-electron chi connectivity index (χ1n) is 14.0. The van der Waals surface area contributed by atoms with E-state index in [2.05, 4.69) is 32.2 Å². The molecule has 2 unspecified atom stereocenters. The minimum Gasteiger partial charge on any atom is -0.475 e. The Morgan fingerprint density at radius 3 is 2.56 bits per heavy atom. The molecule has 6 heterocycles. The van der Waals surface area contributed by atoms with Gasteiger partial charge in [0.25, 0.3) is 0 Å². The first kappa shape index (κ1) is 26.6. The van der Waals surface area contributed by atoms with E-state index in [1.807, 2.05) is 62.6 Å². The van der Waals surface area contributed by atoms with Gasteiger partial charge in [-0.05, 0) is 63.1 Å². The van der Waals surface area contributed by atoms with Gasteiger partial charge in [0, 0.05) is 66.8 Å². The second-order valence-electron chi connectivity index (χ2n) is 11.0. The van der Waals surface area contributed by atoms with Crippen LogP contribution >= 0.6 is 0 Å². The number of hydrogen-bond donors (Lipinski definition) is 3. The molecule has 3 aliphatic rings. The predicted molar refractivity (Wildman–Crippen MR) is 162 cm³/mol. The summed E-state index contributed by atoms with van der Waals surface area (Å²) in [6.45, 7) is 8.55. The van der Waals surface area contributed by atoms with Crippen LogP contribution in [-0.4, -0.2) is 61.9 Å². The lowest BCUT2D eigenvalue weighted by atomic mass is 9.87. The Morgan fingerprint density at radius 2 is 1.88 bits per heavy atom. The molecule has 3 saturated heterocycles. The van der Waals surface area contributed by atoms with E-state index in [-0.39, 0.29) is 11.9 Å². The average Bonchev–Trinajstić information content (AvgIpc) is 2.96. The highest BCUT2D eigenvalue weighted by Gasteiger charge is 2.44. The molecule has 3 fully saturated rings. The molecule has 0 aliphatic carbocycles. The SMILES string of the molecule is C/C(N)=C/C(=N)Nc1nc(-c2ccc(N3CC4CC(C3)N4Cc3ccc(OC(C)C)nc3)nc2)nc2ccccc12. The molecule has 3 aromatic heterocycles. The number of pyridine rings is 2. The number of piperazine rings is 1. The van der Waals surface area contributed by atoms with Crippen molar-refractivity contribution < 1.29 is 4.74 Å². The van der Waals surface area contributed by atoms with Crippen LogP contribution in [0.15, 0.2) is 72.7 Å². The fourth-order valence-electron chi connectivity index (χ4n) is 5.56. The summed E-state index contributed by atoms with van der Waals surface area (Å²) in [5.74, 6) is 2.92. The average molecular weight is 550 g/mol. The maximum absolute atomic E-state index is 8.22. The molecule has 41 heavy (non-hydrogen) atoms. The summed E-state index contributed by atoms with van der Waals surface area (Å²) in [6, 6.07) is 16.9. The minimum atomic E-state index is 0.121. The summed E-state index contributed by atoms with van der Waals surface area (Å²) in [6.07, 6.45) is 6.66. The molecular formula is C31H35N9O. The van der Waals surface area contributed by atoms with E-state index < -0.39 is 0 Å². The van der Waals surface area contributed by atoms with Gasteiger partial charge in [-0.15, -0.1) is 0 Å². The number of amidine groups is 1. The smallest absolute Gasteiger partial charge is 0.213 e. The van der Waals surface area contributed by atoms with Crippen molar-refractivity contribution in [2.75, 3.05) is 23.3 Å². The van der Waals surface area contributed by atoms with Gasteiger partial charge in [0.05, 0.1) is 11.6 Å². The molecule has 0 amide bonds. The molecule has 3 aliphatic heterocycles. The monoisotopic (exact) mass is 549 g/mol. The summed E-state index contributed by atoms with van der Waals surface area (Å²) in [5, 5.41) is 12.1. The number of nitrogens with two attached hydrogens (primary N) is 1. The Balaban J connectivity index is 1.14. The molecule has 210 valence electrons. The number of nitrogens with zero attached hydrogens (tertiary/aromatic N) is 6.